The number of aromatic nitrogens is 2. The summed E-state index contributed by atoms with van der Waals surface area (Å²) < 4.78 is 1.90. The van der Waals surface area contributed by atoms with Gasteiger partial charge < -0.3 is 10.6 Å². The van der Waals surface area contributed by atoms with E-state index in [0.29, 0.717) is 12.5 Å². The van der Waals surface area contributed by atoms with Gasteiger partial charge in [-0.2, -0.15) is 5.10 Å². The lowest BCUT2D eigenvalue weighted by Gasteiger charge is -2.31. The van der Waals surface area contributed by atoms with Crippen LogP contribution in [0.25, 0.3) is 0 Å². The van der Waals surface area contributed by atoms with E-state index >= 15 is 0 Å². The average Bonchev–Trinajstić information content (AvgIpc) is 2.91. The molecule has 0 bridgehead atoms. The molecular formula is C17H23ClN4O. The Bertz CT molecular complexity index is 625. The van der Waals surface area contributed by atoms with E-state index in [1.807, 2.05) is 42.2 Å². The van der Waals surface area contributed by atoms with E-state index in [1.54, 1.807) is 0 Å². The molecule has 1 atom stereocenters. The zero-order valence-corrected chi connectivity index (χ0v) is 14.1. The van der Waals surface area contributed by atoms with Gasteiger partial charge in [0.1, 0.15) is 0 Å². The first-order valence-corrected chi connectivity index (χ1v) is 7.76. The summed E-state index contributed by atoms with van der Waals surface area (Å²) in [5.74, 6) is 0.670. The fourth-order valence-electron chi connectivity index (χ4n) is 2.58. The predicted octanol–water partition coefficient (Wildman–Crippen LogP) is 1.82. The van der Waals surface area contributed by atoms with Crippen LogP contribution in [0.15, 0.2) is 42.7 Å². The van der Waals surface area contributed by atoms with Gasteiger partial charge in [0.25, 0.3) is 0 Å². The number of carbonyl (C=O) groups is 1. The molecule has 1 aromatic carbocycles. The van der Waals surface area contributed by atoms with Crippen molar-refractivity contribution in [1.29, 1.82) is 0 Å². The van der Waals surface area contributed by atoms with E-state index in [0.717, 1.165) is 25.2 Å². The van der Waals surface area contributed by atoms with Crippen LogP contribution in [0.4, 0.5) is 0 Å². The minimum absolute atomic E-state index is 0. The summed E-state index contributed by atoms with van der Waals surface area (Å²) in [6.07, 6.45) is 3.81. The van der Waals surface area contributed by atoms with Crippen molar-refractivity contribution in [2.75, 3.05) is 13.1 Å². The number of halogens is 1. The van der Waals surface area contributed by atoms with Crippen LogP contribution in [-0.4, -0.2) is 28.8 Å². The molecule has 1 unspecified atom stereocenters. The quantitative estimate of drug-likeness (QED) is 0.847. The second-order valence-corrected chi connectivity index (χ2v) is 5.96. The first-order valence-electron chi connectivity index (χ1n) is 7.76. The maximum absolute atomic E-state index is 12.1. The monoisotopic (exact) mass is 334 g/mol. The Hall–Kier alpha value is -1.85. The average molecular weight is 335 g/mol. The Morgan fingerprint density at radius 3 is 2.74 bits per heavy atom. The van der Waals surface area contributed by atoms with Gasteiger partial charge in [0, 0.05) is 24.2 Å². The maximum Gasteiger partial charge on any atom is 0.223 e. The lowest BCUT2D eigenvalue weighted by Crippen LogP contribution is -2.49. The molecule has 6 heteroatoms. The van der Waals surface area contributed by atoms with Gasteiger partial charge in [-0.05, 0) is 24.6 Å². The molecule has 2 heterocycles. The van der Waals surface area contributed by atoms with Crippen molar-refractivity contribution in [2.45, 2.75) is 20.0 Å². The van der Waals surface area contributed by atoms with Crippen molar-refractivity contribution in [3.63, 3.8) is 0 Å². The molecule has 23 heavy (non-hydrogen) atoms. The number of amides is 1. The van der Waals surface area contributed by atoms with E-state index in [4.69, 9.17) is 0 Å². The molecule has 1 aliphatic heterocycles. The number of rotatable bonds is 6. The van der Waals surface area contributed by atoms with E-state index in [9.17, 15) is 4.79 Å². The van der Waals surface area contributed by atoms with Gasteiger partial charge in [-0.1, -0.05) is 37.3 Å². The minimum Gasteiger partial charge on any atom is -0.352 e. The highest BCUT2D eigenvalue weighted by Gasteiger charge is 2.28. The molecule has 0 radical (unpaired) electrons. The van der Waals surface area contributed by atoms with Crippen molar-refractivity contribution in [3.05, 3.63) is 53.9 Å². The zero-order valence-electron chi connectivity index (χ0n) is 13.2. The topological polar surface area (TPSA) is 59.0 Å². The number of nitrogens with zero attached hydrogens (tertiary/aromatic N) is 2. The van der Waals surface area contributed by atoms with Gasteiger partial charge in [0.15, 0.2) is 0 Å². The van der Waals surface area contributed by atoms with Crippen molar-refractivity contribution >= 4 is 18.3 Å². The predicted molar refractivity (Wildman–Crippen MR) is 92.4 cm³/mol. The van der Waals surface area contributed by atoms with Crippen LogP contribution >= 0.6 is 12.4 Å². The molecule has 0 saturated carbocycles. The van der Waals surface area contributed by atoms with Crippen molar-refractivity contribution in [1.82, 2.24) is 20.4 Å². The Labute approximate surface area is 142 Å². The molecule has 1 amide bonds. The van der Waals surface area contributed by atoms with Crippen LogP contribution in [-0.2, 0) is 17.9 Å². The lowest BCUT2D eigenvalue weighted by molar-refractivity contribution is -0.126. The lowest BCUT2D eigenvalue weighted by atomic mass is 9.88. The van der Waals surface area contributed by atoms with Crippen LogP contribution in [0.1, 0.15) is 18.1 Å². The van der Waals surface area contributed by atoms with Gasteiger partial charge in [-0.15, -0.1) is 12.4 Å². The summed E-state index contributed by atoms with van der Waals surface area (Å²) in [7, 11) is 0. The summed E-state index contributed by atoms with van der Waals surface area (Å²) in [5, 5.41) is 10.6. The summed E-state index contributed by atoms with van der Waals surface area (Å²) in [4.78, 5) is 12.1. The first-order chi connectivity index (χ1) is 10.7. The third-order valence-corrected chi connectivity index (χ3v) is 4.27. The van der Waals surface area contributed by atoms with E-state index in [-0.39, 0.29) is 24.2 Å². The molecule has 3 rings (SSSR count). The maximum atomic E-state index is 12.1. The third kappa shape index (κ3) is 4.56. The minimum atomic E-state index is 0. The summed E-state index contributed by atoms with van der Waals surface area (Å²) in [6.45, 7) is 5.18. The second-order valence-electron chi connectivity index (χ2n) is 5.96. The normalized spacial score (nSPS) is 15.3. The van der Waals surface area contributed by atoms with Crippen LogP contribution in [0.2, 0.25) is 0 Å². The SMILES string of the molecule is CC(C(=O)NCc1cnn(Cc2ccccc2)c1)C1CNC1.Cl. The Morgan fingerprint density at radius 1 is 1.35 bits per heavy atom. The van der Waals surface area contributed by atoms with Crippen LogP contribution in [0.3, 0.4) is 0 Å². The van der Waals surface area contributed by atoms with Crippen LogP contribution in [0, 0.1) is 11.8 Å². The van der Waals surface area contributed by atoms with Gasteiger partial charge in [0.05, 0.1) is 12.7 Å². The fraction of sp³-hybridized carbons (Fsp3) is 0.412. The standard InChI is InChI=1S/C17H22N4O.ClH/c1-13(16-9-18-10-16)17(22)19-7-15-8-20-21(12-15)11-14-5-3-2-4-6-14;/h2-6,8,12-13,16,18H,7,9-11H2,1H3,(H,19,22);1H. The molecule has 1 saturated heterocycles. The summed E-state index contributed by atoms with van der Waals surface area (Å²) in [5.41, 5.74) is 2.25. The number of benzene rings is 1. The van der Waals surface area contributed by atoms with Gasteiger partial charge >= 0.3 is 0 Å². The van der Waals surface area contributed by atoms with E-state index in [1.165, 1.54) is 5.56 Å². The Kier molecular flexibility index (Phi) is 6.19. The molecular weight excluding hydrogens is 312 g/mol. The molecule has 1 aliphatic rings. The summed E-state index contributed by atoms with van der Waals surface area (Å²) >= 11 is 0. The Morgan fingerprint density at radius 2 is 2.09 bits per heavy atom. The van der Waals surface area contributed by atoms with Crippen LogP contribution < -0.4 is 10.6 Å². The Balaban J connectivity index is 0.00000192. The highest BCUT2D eigenvalue weighted by molar-refractivity contribution is 5.85. The van der Waals surface area contributed by atoms with Gasteiger partial charge in [0.2, 0.25) is 5.91 Å². The van der Waals surface area contributed by atoms with Crippen molar-refractivity contribution in [3.8, 4) is 0 Å². The number of hydrogen-bond donors (Lipinski definition) is 2. The van der Waals surface area contributed by atoms with Crippen molar-refractivity contribution in [2.24, 2.45) is 11.8 Å². The van der Waals surface area contributed by atoms with E-state index < -0.39 is 0 Å². The van der Waals surface area contributed by atoms with Crippen molar-refractivity contribution < 1.29 is 4.79 Å². The fourth-order valence-corrected chi connectivity index (χ4v) is 2.58. The molecule has 5 nitrogen and oxygen atoms in total. The second kappa shape index (κ2) is 8.13. The van der Waals surface area contributed by atoms with Crippen LogP contribution in [0.5, 0.6) is 0 Å². The molecule has 2 aromatic rings. The molecule has 2 N–H and O–H groups in total. The number of hydrogen-bond acceptors (Lipinski definition) is 3. The highest BCUT2D eigenvalue weighted by Crippen LogP contribution is 2.16. The molecule has 1 aromatic heterocycles. The largest absolute Gasteiger partial charge is 0.352 e. The summed E-state index contributed by atoms with van der Waals surface area (Å²) in [6, 6.07) is 10.2. The van der Waals surface area contributed by atoms with E-state index in [2.05, 4.69) is 27.9 Å². The smallest absolute Gasteiger partial charge is 0.223 e. The van der Waals surface area contributed by atoms with Gasteiger partial charge in [-0.25, -0.2) is 0 Å². The molecule has 1 fully saturated rings. The third-order valence-electron chi connectivity index (χ3n) is 4.27. The zero-order chi connectivity index (χ0) is 15.4. The first kappa shape index (κ1) is 17.5. The molecule has 124 valence electrons. The number of carbonyl (C=O) groups excluding carboxylic acids is 1. The molecule has 0 aliphatic carbocycles. The highest BCUT2D eigenvalue weighted by atomic mass is 35.5. The van der Waals surface area contributed by atoms with Gasteiger partial charge in [-0.3, -0.25) is 9.48 Å². The number of nitrogens with one attached hydrogen (secondary N) is 2. The molecule has 0 spiro atoms.